The number of benzene rings is 1. The largest absolute Gasteiger partial charge is 0.434 e. The van der Waals surface area contributed by atoms with Gasteiger partial charge in [-0.2, -0.15) is 8.78 Å². The number of aliphatic imine (C=N–C) groups is 1. The van der Waals surface area contributed by atoms with E-state index in [0.717, 1.165) is 12.8 Å². The van der Waals surface area contributed by atoms with Gasteiger partial charge in [-0.05, 0) is 18.9 Å². The summed E-state index contributed by atoms with van der Waals surface area (Å²) in [6.45, 7) is -1.55. The summed E-state index contributed by atoms with van der Waals surface area (Å²) in [4.78, 5) is 15.5. The molecule has 6 nitrogen and oxygen atoms in total. The number of carbonyl (C=O) groups excluding carboxylic acids is 1. The molecule has 0 spiro atoms. The molecule has 0 atom stereocenters. The fraction of sp³-hybridized carbons (Fsp3) is 0.500. The summed E-state index contributed by atoms with van der Waals surface area (Å²) in [6, 6.07) is 6.58. The minimum absolute atomic E-state index is 0.0952. The van der Waals surface area contributed by atoms with Crippen LogP contribution in [0.25, 0.3) is 0 Å². The number of para-hydroxylation sites is 1. The lowest BCUT2D eigenvalue weighted by molar-refractivity contribution is -0.122. The Hall–Kier alpha value is -2.38. The Bertz CT molecular complexity index is 577. The first kappa shape index (κ1) is 18.0. The zero-order valence-corrected chi connectivity index (χ0v) is 13.5. The van der Waals surface area contributed by atoms with Crippen molar-refractivity contribution in [2.75, 3.05) is 20.1 Å². The van der Waals surface area contributed by atoms with Crippen LogP contribution in [-0.2, 0) is 11.3 Å². The molecule has 0 heterocycles. The Kier molecular flexibility index (Phi) is 6.77. The van der Waals surface area contributed by atoms with E-state index in [0.29, 0.717) is 24.6 Å². The number of guanidine groups is 1. The van der Waals surface area contributed by atoms with Crippen LogP contribution in [0.3, 0.4) is 0 Å². The van der Waals surface area contributed by atoms with E-state index in [-0.39, 0.29) is 24.1 Å². The topological polar surface area (TPSA) is 74.8 Å². The van der Waals surface area contributed by atoms with Crippen LogP contribution >= 0.6 is 0 Å². The number of hydrogen-bond acceptors (Lipinski definition) is 3. The van der Waals surface area contributed by atoms with E-state index in [2.05, 4.69) is 25.7 Å². The molecular formula is C16H22F2N4O2. The van der Waals surface area contributed by atoms with Crippen molar-refractivity contribution in [3.05, 3.63) is 29.8 Å². The number of halogens is 2. The van der Waals surface area contributed by atoms with E-state index in [1.165, 1.54) is 6.07 Å². The molecule has 0 saturated heterocycles. The molecule has 1 saturated carbocycles. The van der Waals surface area contributed by atoms with Gasteiger partial charge in [0.25, 0.3) is 0 Å². The molecule has 1 aliphatic carbocycles. The summed E-state index contributed by atoms with van der Waals surface area (Å²) >= 11 is 0. The number of hydrogen-bond donors (Lipinski definition) is 3. The molecule has 0 bridgehead atoms. The van der Waals surface area contributed by atoms with Crippen molar-refractivity contribution in [3.63, 3.8) is 0 Å². The lowest BCUT2D eigenvalue weighted by Crippen LogP contribution is -2.41. The van der Waals surface area contributed by atoms with Gasteiger partial charge in [0.1, 0.15) is 5.75 Å². The number of amides is 1. The maximum Gasteiger partial charge on any atom is 0.387 e. The Morgan fingerprint density at radius 1 is 1.25 bits per heavy atom. The van der Waals surface area contributed by atoms with E-state index < -0.39 is 6.61 Å². The molecule has 0 aromatic heterocycles. The summed E-state index contributed by atoms with van der Waals surface area (Å²) in [5.74, 6) is 0.932. The first-order chi connectivity index (χ1) is 11.6. The zero-order valence-electron chi connectivity index (χ0n) is 13.5. The van der Waals surface area contributed by atoms with Crippen LogP contribution in [0, 0.1) is 5.92 Å². The predicted molar refractivity (Wildman–Crippen MR) is 87.0 cm³/mol. The molecule has 8 heteroatoms. The van der Waals surface area contributed by atoms with Crippen LogP contribution in [0.1, 0.15) is 18.4 Å². The summed E-state index contributed by atoms with van der Waals surface area (Å²) < 4.78 is 29.3. The van der Waals surface area contributed by atoms with Crippen molar-refractivity contribution in [1.29, 1.82) is 0 Å². The highest BCUT2D eigenvalue weighted by atomic mass is 19.3. The van der Waals surface area contributed by atoms with Crippen LogP contribution in [0.5, 0.6) is 5.75 Å². The second-order valence-corrected chi connectivity index (χ2v) is 5.40. The standard InChI is InChI=1S/C16H22F2N4O2/c1-19-16(21-9-8-20-14(23)11-6-7-11)22-10-12-4-2-3-5-13(12)24-15(17)18/h2-5,11,15H,6-10H2,1H3,(H,20,23)(H2,19,21,22). The molecule has 1 amide bonds. The highest BCUT2D eigenvalue weighted by Gasteiger charge is 2.28. The molecule has 1 aromatic carbocycles. The Labute approximate surface area is 139 Å². The lowest BCUT2D eigenvalue weighted by Gasteiger charge is -2.14. The Morgan fingerprint density at radius 3 is 2.62 bits per heavy atom. The van der Waals surface area contributed by atoms with Crippen molar-refractivity contribution >= 4 is 11.9 Å². The van der Waals surface area contributed by atoms with E-state index in [1.54, 1.807) is 25.2 Å². The monoisotopic (exact) mass is 340 g/mol. The van der Waals surface area contributed by atoms with Crippen LogP contribution in [0.15, 0.2) is 29.3 Å². The second kappa shape index (κ2) is 9.05. The smallest absolute Gasteiger partial charge is 0.387 e. The Morgan fingerprint density at radius 2 is 1.96 bits per heavy atom. The fourth-order valence-corrected chi connectivity index (χ4v) is 2.12. The molecule has 2 rings (SSSR count). The minimum atomic E-state index is -2.86. The van der Waals surface area contributed by atoms with E-state index in [9.17, 15) is 13.6 Å². The van der Waals surface area contributed by atoms with Crippen molar-refractivity contribution in [1.82, 2.24) is 16.0 Å². The SMILES string of the molecule is CN=C(NCCNC(=O)C1CC1)NCc1ccccc1OC(F)F. The third-order valence-corrected chi connectivity index (χ3v) is 3.52. The summed E-state index contributed by atoms with van der Waals surface area (Å²) in [5, 5.41) is 8.91. The molecule has 1 fully saturated rings. The number of ether oxygens (including phenoxy) is 1. The van der Waals surface area contributed by atoms with Gasteiger partial charge in [0.05, 0.1) is 0 Å². The van der Waals surface area contributed by atoms with Crippen LogP contribution < -0.4 is 20.7 Å². The average Bonchev–Trinajstić information content (AvgIpc) is 3.39. The van der Waals surface area contributed by atoms with Crippen molar-refractivity contribution < 1.29 is 18.3 Å². The van der Waals surface area contributed by atoms with Gasteiger partial charge in [-0.1, -0.05) is 18.2 Å². The maximum atomic E-state index is 12.4. The van der Waals surface area contributed by atoms with Crippen LogP contribution in [0.4, 0.5) is 8.78 Å². The summed E-state index contributed by atoms with van der Waals surface area (Å²) in [5.41, 5.74) is 0.600. The predicted octanol–water partition coefficient (Wildman–Crippen LogP) is 1.48. The molecule has 0 aliphatic heterocycles. The van der Waals surface area contributed by atoms with Gasteiger partial charge in [-0.25, -0.2) is 0 Å². The first-order valence-electron chi connectivity index (χ1n) is 7.85. The minimum Gasteiger partial charge on any atom is -0.434 e. The van der Waals surface area contributed by atoms with Crippen LogP contribution in [-0.4, -0.2) is 38.6 Å². The van der Waals surface area contributed by atoms with Crippen molar-refractivity contribution in [2.45, 2.75) is 26.0 Å². The van der Waals surface area contributed by atoms with E-state index >= 15 is 0 Å². The summed E-state index contributed by atoms with van der Waals surface area (Å²) in [7, 11) is 1.61. The molecule has 132 valence electrons. The van der Waals surface area contributed by atoms with Gasteiger partial charge in [-0.3, -0.25) is 9.79 Å². The molecule has 3 N–H and O–H groups in total. The highest BCUT2D eigenvalue weighted by Crippen LogP contribution is 2.28. The lowest BCUT2D eigenvalue weighted by atomic mass is 10.2. The molecule has 0 radical (unpaired) electrons. The third kappa shape index (κ3) is 6.02. The molecular weight excluding hydrogens is 318 g/mol. The Balaban J connectivity index is 1.73. The number of nitrogens with zero attached hydrogens (tertiary/aromatic N) is 1. The molecule has 0 unspecified atom stereocenters. The number of alkyl halides is 2. The second-order valence-electron chi connectivity index (χ2n) is 5.40. The molecule has 1 aliphatic rings. The first-order valence-corrected chi connectivity index (χ1v) is 7.85. The molecule has 1 aromatic rings. The average molecular weight is 340 g/mol. The van der Waals surface area contributed by atoms with E-state index in [4.69, 9.17) is 0 Å². The highest BCUT2D eigenvalue weighted by molar-refractivity contribution is 5.81. The maximum absolute atomic E-state index is 12.4. The van der Waals surface area contributed by atoms with Gasteiger partial charge in [0, 0.05) is 38.2 Å². The fourth-order valence-electron chi connectivity index (χ4n) is 2.12. The van der Waals surface area contributed by atoms with Crippen molar-refractivity contribution in [2.24, 2.45) is 10.9 Å². The summed E-state index contributed by atoms with van der Waals surface area (Å²) in [6.07, 6.45) is 1.95. The normalized spacial score (nSPS) is 14.4. The van der Waals surface area contributed by atoms with Gasteiger partial charge < -0.3 is 20.7 Å². The van der Waals surface area contributed by atoms with Gasteiger partial charge in [0.2, 0.25) is 5.91 Å². The number of carbonyl (C=O) groups is 1. The zero-order chi connectivity index (χ0) is 17.4. The third-order valence-electron chi connectivity index (χ3n) is 3.52. The van der Waals surface area contributed by atoms with Gasteiger partial charge in [0.15, 0.2) is 5.96 Å². The van der Waals surface area contributed by atoms with Gasteiger partial charge >= 0.3 is 6.61 Å². The number of nitrogens with one attached hydrogen (secondary N) is 3. The molecule has 24 heavy (non-hydrogen) atoms. The number of rotatable bonds is 8. The van der Waals surface area contributed by atoms with E-state index in [1.807, 2.05) is 0 Å². The van der Waals surface area contributed by atoms with Crippen LogP contribution in [0.2, 0.25) is 0 Å². The quantitative estimate of drug-likeness (QED) is 0.381. The van der Waals surface area contributed by atoms with Gasteiger partial charge in [-0.15, -0.1) is 0 Å². The van der Waals surface area contributed by atoms with Crippen molar-refractivity contribution in [3.8, 4) is 5.75 Å².